The largest absolute Gasteiger partial charge is 0.475 e. The summed E-state index contributed by atoms with van der Waals surface area (Å²) in [5.41, 5.74) is 1.56. The maximum atomic E-state index is 13.6. The van der Waals surface area contributed by atoms with Crippen molar-refractivity contribution >= 4 is 5.96 Å². The van der Waals surface area contributed by atoms with Gasteiger partial charge in [-0.1, -0.05) is 32.0 Å². The molecule has 0 aliphatic carbocycles. The number of aliphatic imine (C=N–C) groups is 1. The first-order valence-electron chi connectivity index (χ1n) is 9.80. The highest BCUT2D eigenvalue weighted by atomic mass is 19.1. The van der Waals surface area contributed by atoms with Gasteiger partial charge < -0.3 is 20.1 Å². The van der Waals surface area contributed by atoms with Crippen LogP contribution in [0.5, 0.6) is 5.88 Å². The van der Waals surface area contributed by atoms with E-state index in [1.54, 1.807) is 25.4 Å². The Morgan fingerprint density at radius 3 is 2.72 bits per heavy atom. The van der Waals surface area contributed by atoms with Crippen molar-refractivity contribution in [2.45, 2.75) is 32.7 Å². The molecule has 158 valence electrons. The van der Waals surface area contributed by atoms with Crippen molar-refractivity contribution in [2.75, 3.05) is 33.4 Å². The van der Waals surface area contributed by atoms with Crippen molar-refractivity contribution in [2.24, 2.45) is 4.99 Å². The van der Waals surface area contributed by atoms with E-state index >= 15 is 0 Å². The molecule has 6 nitrogen and oxygen atoms in total. The molecule has 0 atom stereocenters. The van der Waals surface area contributed by atoms with Crippen LogP contribution in [0.15, 0.2) is 47.6 Å². The van der Waals surface area contributed by atoms with E-state index in [-0.39, 0.29) is 11.2 Å². The Kier molecular flexibility index (Phi) is 8.86. The van der Waals surface area contributed by atoms with E-state index in [2.05, 4.69) is 34.5 Å². The van der Waals surface area contributed by atoms with Gasteiger partial charge in [-0.25, -0.2) is 14.4 Å². The molecule has 7 heteroatoms. The Morgan fingerprint density at radius 2 is 2.00 bits per heavy atom. The number of halogens is 1. The zero-order valence-electron chi connectivity index (χ0n) is 17.7. The van der Waals surface area contributed by atoms with Crippen LogP contribution in [0, 0.1) is 5.82 Å². The standard InChI is InChI=1S/C22H31FN4O2/c1-5-24-21(27-16-22(2,3)18-9-6-10-19(23)14-18)26-15-17-8-7-11-25-20(17)29-13-12-28-4/h6-11,14H,5,12-13,15-16H2,1-4H3,(H2,24,26,27). The second-order valence-corrected chi connectivity index (χ2v) is 7.25. The van der Waals surface area contributed by atoms with Crippen molar-refractivity contribution in [3.8, 4) is 5.88 Å². The second kappa shape index (κ2) is 11.4. The lowest BCUT2D eigenvalue weighted by atomic mass is 9.84. The highest BCUT2D eigenvalue weighted by Crippen LogP contribution is 2.23. The molecule has 0 fully saturated rings. The lowest BCUT2D eigenvalue weighted by Gasteiger charge is -2.27. The fraction of sp³-hybridized carbons (Fsp3) is 0.455. The molecule has 1 heterocycles. The monoisotopic (exact) mass is 402 g/mol. The Hall–Kier alpha value is -2.67. The lowest BCUT2D eigenvalue weighted by Crippen LogP contribution is -2.43. The first kappa shape index (κ1) is 22.6. The minimum absolute atomic E-state index is 0.228. The van der Waals surface area contributed by atoms with Crippen molar-refractivity contribution in [3.05, 3.63) is 59.5 Å². The normalized spacial score (nSPS) is 12.0. The zero-order valence-corrected chi connectivity index (χ0v) is 17.7. The van der Waals surface area contributed by atoms with Gasteiger partial charge in [0.2, 0.25) is 5.88 Å². The van der Waals surface area contributed by atoms with Gasteiger partial charge >= 0.3 is 0 Å². The molecule has 0 radical (unpaired) electrons. The summed E-state index contributed by atoms with van der Waals surface area (Å²) in [6.07, 6.45) is 1.69. The Balaban J connectivity index is 2.05. The predicted molar refractivity (Wildman–Crippen MR) is 114 cm³/mol. The molecule has 0 aliphatic rings. The Labute approximate surface area is 172 Å². The molecule has 29 heavy (non-hydrogen) atoms. The first-order chi connectivity index (χ1) is 14.0. The van der Waals surface area contributed by atoms with E-state index in [0.717, 1.165) is 17.7 Å². The van der Waals surface area contributed by atoms with E-state index < -0.39 is 0 Å². The van der Waals surface area contributed by atoms with Crippen molar-refractivity contribution in [1.82, 2.24) is 15.6 Å². The molecule has 0 bridgehead atoms. The van der Waals surface area contributed by atoms with Crippen molar-refractivity contribution in [3.63, 3.8) is 0 Å². The van der Waals surface area contributed by atoms with E-state index in [4.69, 9.17) is 9.47 Å². The highest BCUT2D eigenvalue weighted by Gasteiger charge is 2.21. The topological polar surface area (TPSA) is 67.8 Å². The third kappa shape index (κ3) is 7.34. The summed E-state index contributed by atoms with van der Waals surface area (Å²) in [6, 6.07) is 10.5. The van der Waals surface area contributed by atoms with Crippen LogP contribution in [-0.2, 0) is 16.7 Å². The van der Waals surface area contributed by atoms with E-state index in [9.17, 15) is 4.39 Å². The summed E-state index contributed by atoms with van der Waals surface area (Å²) >= 11 is 0. The molecule has 0 saturated heterocycles. The maximum Gasteiger partial charge on any atom is 0.218 e. The summed E-state index contributed by atoms with van der Waals surface area (Å²) in [4.78, 5) is 8.94. The molecule has 1 aromatic carbocycles. The summed E-state index contributed by atoms with van der Waals surface area (Å²) in [5, 5.41) is 6.60. The van der Waals surface area contributed by atoms with Gasteiger partial charge in [-0.2, -0.15) is 0 Å². The highest BCUT2D eigenvalue weighted by molar-refractivity contribution is 5.79. The second-order valence-electron chi connectivity index (χ2n) is 7.25. The fourth-order valence-corrected chi connectivity index (χ4v) is 2.72. The summed E-state index contributed by atoms with van der Waals surface area (Å²) < 4.78 is 24.3. The average Bonchev–Trinajstić information content (AvgIpc) is 2.71. The van der Waals surface area contributed by atoms with E-state index in [1.165, 1.54) is 6.07 Å². The molecular weight excluding hydrogens is 371 g/mol. The van der Waals surface area contributed by atoms with Crippen LogP contribution in [-0.4, -0.2) is 44.4 Å². The van der Waals surface area contributed by atoms with Gasteiger partial charge in [0.15, 0.2) is 5.96 Å². The summed E-state index contributed by atoms with van der Waals surface area (Å²) in [7, 11) is 1.63. The number of nitrogens with zero attached hydrogens (tertiary/aromatic N) is 2. The Bertz CT molecular complexity index is 796. The number of benzene rings is 1. The van der Waals surface area contributed by atoms with Gasteiger partial charge in [0.25, 0.3) is 0 Å². The third-order valence-electron chi connectivity index (χ3n) is 4.43. The smallest absolute Gasteiger partial charge is 0.218 e. The van der Waals surface area contributed by atoms with Crippen LogP contribution in [0.25, 0.3) is 0 Å². The number of rotatable bonds is 10. The fourth-order valence-electron chi connectivity index (χ4n) is 2.72. The average molecular weight is 403 g/mol. The van der Waals surface area contributed by atoms with E-state index in [0.29, 0.717) is 38.1 Å². The number of ether oxygens (including phenoxy) is 2. The number of guanidine groups is 1. The Morgan fingerprint density at radius 1 is 1.17 bits per heavy atom. The zero-order chi connectivity index (χ0) is 21.1. The molecule has 2 rings (SSSR count). The molecule has 0 spiro atoms. The molecule has 2 aromatic rings. The number of hydrogen-bond donors (Lipinski definition) is 2. The van der Waals surface area contributed by atoms with Crippen LogP contribution in [0.4, 0.5) is 4.39 Å². The third-order valence-corrected chi connectivity index (χ3v) is 4.43. The van der Waals surface area contributed by atoms with Gasteiger partial charge in [-0.15, -0.1) is 0 Å². The minimum Gasteiger partial charge on any atom is -0.475 e. The molecule has 0 unspecified atom stereocenters. The van der Waals surface area contributed by atoms with Crippen LogP contribution in [0.1, 0.15) is 31.9 Å². The number of pyridine rings is 1. The molecule has 0 saturated carbocycles. The number of nitrogens with one attached hydrogen (secondary N) is 2. The summed E-state index contributed by atoms with van der Waals surface area (Å²) in [6.45, 7) is 8.85. The predicted octanol–water partition coefficient (Wildman–Crippen LogP) is 3.28. The quantitative estimate of drug-likeness (QED) is 0.363. The molecule has 2 N–H and O–H groups in total. The molecule has 0 aliphatic heterocycles. The number of methoxy groups -OCH3 is 1. The minimum atomic E-state index is -0.263. The van der Waals surface area contributed by atoms with Crippen molar-refractivity contribution in [1.29, 1.82) is 0 Å². The summed E-state index contributed by atoms with van der Waals surface area (Å²) in [5.74, 6) is 1.02. The van der Waals surface area contributed by atoms with Crippen LogP contribution < -0.4 is 15.4 Å². The SMILES string of the molecule is CCNC(=NCc1cccnc1OCCOC)NCC(C)(C)c1cccc(F)c1. The molecule has 1 aromatic heterocycles. The van der Waals surface area contributed by atoms with Crippen molar-refractivity contribution < 1.29 is 13.9 Å². The van der Waals surface area contributed by atoms with E-state index in [1.807, 2.05) is 25.1 Å². The first-order valence-corrected chi connectivity index (χ1v) is 9.80. The van der Waals surface area contributed by atoms with Gasteiger partial charge in [0.1, 0.15) is 12.4 Å². The maximum absolute atomic E-state index is 13.6. The number of hydrogen-bond acceptors (Lipinski definition) is 4. The van der Waals surface area contributed by atoms with Gasteiger partial charge in [-0.05, 0) is 30.7 Å². The van der Waals surface area contributed by atoms with Crippen LogP contribution in [0.3, 0.4) is 0 Å². The molecule has 0 amide bonds. The van der Waals surface area contributed by atoms with Gasteiger partial charge in [-0.3, -0.25) is 0 Å². The van der Waals surface area contributed by atoms with Crippen LogP contribution >= 0.6 is 0 Å². The molecular formula is C22H31FN4O2. The lowest BCUT2D eigenvalue weighted by molar-refractivity contribution is 0.143. The van der Waals surface area contributed by atoms with Gasteiger partial charge in [0.05, 0.1) is 13.2 Å². The number of aromatic nitrogens is 1. The van der Waals surface area contributed by atoms with Crippen LogP contribution in [0.2, 0.25) is 0 Å². The van der Waals surface area contributed by atoms with Gasteiger partial charge in [0, 0.05) is 37.4 Å².